The minimum absolute atomic E-state index is 0.761. The summed E-state index contributed by atoms with van der Waals surface area (Å²) in [7, 11) is 1.72. The molecule has 0 heterocycles. The van der Waals surface area contributed by atoms with Gasteiger partial charge in [0.2, 0.25) is 0 Å². The lowest BCUT2D eigenvalue weighted by Crippen LogP contribution is -2.18. The number of benzene rings is 1. The topological polar surface area (TPSA) is 21.3 Å². The Bertz CT molecular complexity index is 324. The quantitative estimate of drug-likeness (QED) is 0.397. The smallest absolute Gasteiger partial charge is 0.0587 e. The number of hydrogen-bond acceptors (Lipinski definition) is 3. The number of unbranched alkanes of at least 4 members (excludes halogenated alkanes) is 1. The third-order valence-corrected chi connectivity index (χ3v) is 3.66. The van der Waals surface area contributed by atoms with E-state index < -0.39 is 0 Å². The summed E-state index contributed by atoms with van der Waals surface area (Å²) in [6.45, 7) is 6.30. The van der Waals surface area contributed by atoms with Crippen molar-refractivity contribution in [3.05, 3.63) is 42.5 Å². The molecule has 0 bridgehead atoms. The Balaban J connectivity index is 2.22. The maximum Gasteiger partial charge on any atom is 0.0587 e. The molecule has 1 aromatic carbocycles. The van der Waals surface area contributed by atoms with Gasteiger partial charge in [0.1, 0.15) is 0 Å². The average molecular weight is 265 g/mol. The summed E-state index contributed by atoms with van der Waals surface area (Å²) in [5, 5.41) is 3.34. The molecule has 3 heteroatoms. The SMILES string of the molecule is C=CCCCSc1ccc(CNCCOC)cc1. The molecule has 0 saturated heterocycles. The minimum Gasteiger partial charge on any atom is -0.383 e. The molecule has 100 valence electrons. The number of ether oxygens (including phenoxy) is 1. The summed E-state index contributed by atoms with van der Waals surface area (Å²) in [4.78, 5) is 1.35. The minimum atomic E-state index is 0.761. The van der Waals surface area contributed by atoms with E-state index in [0.29, 0.717) is 0 Å². The van der Waals surface area contributed by atoms with E-state index in [9.17, 15) is 0 Å². The molecule has 0 aromatic heterocycles. The summed E-state index contributed by atoms with van der Waals surface area (Å²) in [6.07, 6.45) is 4.29. The van der Waals surface area contributed by atoms with Gasteiger partial charge in [-0.1, -0.05) is 18.2 Å². The molecule has 0 amide bonds. The maximum absolute atomic E-state index is 4.99. The highest BCUT2D eigenvalue weighted by molar-refractivity contribution is 7.99. The van der Waals surface area contributed by atoms with Crippen molar-refractivity contribution < 1.29 is 4.74 Å². The Morgan fingerprint density at radius 1 is 1.33 bits per heavy atom. The predicted molar refractivity (Wildman–Crippen MR) is 80.2 cm³/mol. The largest absolute Gasteiger partial charge is 0.383 e. The Morgan fingerprint density at radius 2 is 2.11 bits per heavy atom. The Hall–Kier alpha value is -0.770. The fraction of sp³-hybridized carbons (Fsp3) is 0.467. The molecule has 0 unspecified atom stereocenters. The number of methoxy groups -OCH3 is 1. The highest BCUT2D eigenvalue weighted by Crippen LogP contribution is 2.19. The van der Waals surface area contributed by atoms with Crippen LogP contribution in [0.3, 0.4) is 0 Å². The lowest BCUT2D eigenvalue weighted by Gasteiger charge is -2.05. The second kappa shape index (κ2) is 10.2. The molecule has 18 heavy (non-hydrogen) atoms. The van der Waals surface area contributed by atoms with Crippen molar-refractivity contribution >= 4 is 11.8 Å². The van der Waals surface area contributed by atoms with E-state index in [4.69, 9.17) is 4.74 Å². The second-order valence-corrected chi connectivity index (χ2v) is 5.26. The van der Waals surface area contributed by atoms with Gasteiger partial charge in [-0.15, -0.1) is 18.3 Å². The van der Waals surface area contributed by atoms with Crippen molar-refractivity contribution in [3.63, 3.8) is 0 Å². The van der Waals surface area contributed by atoms with Gasteiger partial charge in [-0.2, -0.15) is 0 Å². The summed E-state index contributed by atoms with van der Waals surface area (Å²) in [6, 6.07) is 8.78. The van der Waals surface area contributed by atoms with Gasteiger partial charge in [0, 0.05) is 25.1 Å². The fourth-order valence-electron chi connectivity index (χ4n) is 1.53. The first-order valence-corrected chi connectivity index (χ1v) is 7.37. The standard InChI is InChI=1S/C15H23NOS/c1-3-4-5-12-18-15-8-6-14(7-9-15)13-16-10-11-17-2/h3,6-9,16H,1,4-5,10-13H2,2H3. The lowest BCUT2D eigenvalue weighted by atomic mass is 10.2. The summed E-state index contributed by atoms with van der Waals surface area (Å²) < 4.78 is 4.99. The van der Waals surface area contributed by atoms with E-state index in [0.717, 1.165) is 31.9 Å². The van der Waals surface area contributed by atoms with Crippen LogP contribution in [0, 0.1) is 0 Å². The van der Waals surface area contributed by atoms with Gasteiger partial charge in [-0.3, -0.25) is 0 Å². The molecule has 0 aliphatic rings. The van der Waals surface area contributed by atoms with Crippen LogP contribution in [0.25, 0.3) is 0 Å². The number of hydrogen-bond donors (Lipinski definition) is 1. The van der Waals surface area contributed by atoms with Crippen LogP contribution in [0.15, 0.2) is 41.8 Å². The third-order valence-electron chi connectivity index (χ3n) is 2.56. The first-order valence-electron chi connectivity index (χ1n) is 6.39. The zero-order valence-corrected chi connectivity index (χ0v) is 12.0. The second-order valence-electron chi connectivity index (χ2n) is 4.09. The van der Waals surface area contributed by atoms with Crippen molar-refractivity contribution in [2.45, 2.75) is 24.3 Å². The first-order chi connectivity index (χ1) is 8.86. The number of allylic oxidation sites excluding steroid dienone is 1. The van der Waals surface area contributed by atoms with E-state index >= 15 is 0 Å². The summed E-state index contributed by atoms with van der Waals surface area (Å²) in [5.74, 6) is 1.16. The van der Waals surface area contributed by atoms with Gasteiger partial charge in [0.25, 0.3) is 0 Å². The van der Waals surface area contributed by atoms with Gasteiger partial charge < -0.3 is 10.1 Å². The van der Waals surface area contributed by atoms with E-state index in [1.165, 1.54) is 16.9 Å². The fourth-order valence-corrected chi connectivity index (χ4v) is 2.40. The molecule has 1 N–H and O–H groups in total. The summed E-state index contributed by atoms with van der Waals surface area (Å²) in [5.41, 5.74) is 1.32. The zero-order chi connectivity index (χ0) is 13.1. The van der Waals surface area contributed by atoms with Crippen LogP contribution in [0.2, 0.25) is 0 Å². The lowest BCUT2D eigenvalue weighted by molar-refractivity contribution is 0.199. The van der Waals surface area contributed by atoms with E-state index in [-0.39, 0.29) is 0 Å². The molecule has 0 fully saturated rings. The molecule has 0 aliphatic carbocycles. The molecular formula is C15H23NOS. The Kier molecular flexibility index (Phi) is 8.65. The van der Waals surface area contributed by atoms with Crippen molar-refractivity contribution in [1.29, 1.82) is 0 Å². The van der Waals surface area contributed by atoms with Crippen LogP contribution >= 0.6 is 11.8 Å². The van der Waals surface area contributed by atoms with Crippen molar-refractivity contribution in [2.24, 2.45) is 0 Å². The van der Waals surface area contributed by atoms with Crippen LogP contribution in [0.1, 0.15) is 18.4 Å². The predicted octanol–water partition coefficient (Wildman–Crippen LogP) is 3.48. The Labute approximate surface area is 115 Å². The zero-order valence-electron chi connectivity index (χ0n) is 11.2. The highest BCUT2D eigenvalue weighted by atomic mass is 32.2. The molecule has 1 rings (SSSR count). The van der Waals surface area contributed by atoms with Gasteiger partial charge in [-0.05, 0) is 36.3 Å². The van der Waals surface area contributed by atoms with E-state index in [1.54, 1.807) is 7.11 Å². The van der Waals surface area contributed by atoms with E-state index in [1.807, 2.05) is 17.8 Å². The number of rotatable bonds is 10. The van der Waals surface area contributed by atoms with Crippen molar-refractivity contribution in [1.82, 2.24) is 5.32 Å². The normalized spacial score (nSPS) is 10.5. The van der Waals surface area contributed by atoms with Crippen LogP contribution in [-0.4, -0.2) is 26.0 Å². The number of thioether (sulfide) groups is 1. The van der Waals surface area contributed by atoms with Crippen LogP contribution in [-0.2, 0) is 11.3 Å². The van der Waals surface area contributed by atoms with Crippen molar-refractivity contribution in [2.75, 3.05) is 26.0 Å². The van der Waals surface area contributed by atoms with Crippen LogP contribution < -0.4 is 5.32 Å². The monoisotopic (exact) mass is 265 g/mol. The maximum atomic E-state index is 4.99. The molecule has 0 radical (unpaired) electrons. The summed E-state index contributed by atoms with van der Waals surface area (Å²) >= 11 is 1.91. The van der Waals surface area contributed by atoms with Crippen LogP contribution in [0.4, 0.5) is 0 Å². The van der Waals surface area contributed by atoms with Crippen molar-refractivity contribution in [3.8, 4) is 0 Å². The van der Waals surface area contributed by atoms with Gasteiger partial charge in [-0.25, -0.2) is 0 Å². The molecular weight excluding hydrogens is 242 g/mol. The Morgan fingerprint density at radius 3 is 2.78 bits per heavy atom. The number of nitrogens with one attached hydrogen (secondary N) is 1. The molecule has 0 saturated carbocycles. The highest BCUT2D eigenvalue weighted by Gasteiger charge is 1.96. The van der Waals surface area contributed by atoms with Gasteiger partial charge in [0.05, 0.1) is 6.61 Å². The molecule has 0 atom stereocenters. The first kappa shape index (κ1) is 15.3. The third kappa shape index (κ3) is 6.84. The molecule has 0 spiro atoms. The molecule has 0 aliphatic heterocycles. The molecule has 1 aromatic rings. The van der Waals surface area contributed by atoms with Crippen LogP contribution in [0.5, 0.6) is 0 Å². The van der Waals surface area contributed by atoms with E-state index in [2.05, 4.69) is 36.2 Å². The molecule has 2 nitrogen and oxygen atoms in total. The average Bonchev–Trinajstić information content (AvgIpc) is 2.41. The van der Waals surface area contributed by atoms with Gasteiger partial charge in [0.15, 0.2) is 0 Å². The van der Waals surface area contributed by atoms with Gasteiger partial charge >= 0.3 is 0 Å².